The first-order chi connectivity index (χ1) is 14.0. The zero-order chi connectivity index (χ0) is 20.2. The first-order valence-corrected chi connectivity index (χ1v) is 10.1. The molecular weight excluding hydrogens is 392 g/mol. The second kappa shape index (κ2) is 6.45. The number of hydrogen-bond donors (Lipinski definition) is 0. The van der Waals surface area contributed by atoms with E-state index in [1.165, 1.54) is 11.3 Å². The maximum atomic E-state index is 13.3. The van der Waals surface area contributed by atoms with Gasteiger partial charge in [0.15, 0.2) is 4.80 Å². The Morgan fingerprint density at radius 1 is 1.38 bits per heavy atom. The van der Waals surface area contributed by atoms with Gasteiger partial charge >= 0.3 is 5.97 Å². The van der Waals surface area contributed by atoms with Crippen molar-refractivity contribution in [2.24, 2.45) is 10.9 Å². The molecule has 4 heterocycles. The summed E-state index contributed by atoms with van der Waals surface area (Å²) in [6, 6.07) is 8.67. The number of nitrogens with zero attached hydrogens (tertiary/aromatic N) is 2. The Kier molecular flexibility index (Phi) is 3.99. The van der Waals surface area contributed by atoms with Crippen molar-refractivity contribution in [3.63, 3.8) is 0 Å². The van der Waals surface area contributed by atoms with Crippen LogP contribution in [0.3, 0.4) is 0 Å². The first kappa shape index (κ1) is 17.9. The normalized spacial score (nSPS) is 24.8. The van der Waals surface area contributed by atoms with Gasteiger partial charge in [-0.1, -0.05) is 29.5 Å². The zero-order valence-corrected chi connectivity index (χ0v) is 16.6. The molecule has 7 nitrogen and oxygen atoms in total. The lowest BCUT2D eigenvalue weighted by atomic mass is 9.81. The molecule has 2 bridgehead atoms. The van der Waals surface area contributed by atoms with E-state index in [1.54, 1.807) is 43.1 Å². The van der Waals surface area contributed by atoms with Crippen LogP contribution in [0.15, 0.2) is 57.1 Å². The molecule has 0 aliphatic carbocycles. The van der Waals surface area contributed by atoms with Gasteiger partial charge in [0.05, 0.1) is 29.7 Å². The minimum Gasteiger partial charge on any atom is -0.472 e. The van der Waals surface area contributed by atoms with Crippen molar-refractivity contribution in [3.05, 3.63) is 73.7 Å². The van der Waals surface area contributed by atoms with Crippen molar-refractivity contribution < 1.29 is 18.7 Å². The van der Waals surface area contributed by atoms with Gasteiger partial charge in [0, 0.05) is 11.1 Å². The Balaban J connectivity index is 1.80. The van der Waals surface area contributed by atoms with E-state index in [0.717, 1.165) is 11.1 Å². The smallest absolute Gasteiger partial charge is 0.317 e. The molecule has 3 atom stereocenters. The number of ether oxygens (including phenoxy) is 2. The fraction of sp³-hybridized carbons (Fsp3) is 0.286. The fourth-order valence-electron chi connectivity index (χ4n) is 4.04. The van der Waals surface area contributed by atoms with E-state index < -0.39 is 23.7 Å². The van der Waals surface area contributed by atoms with Gasteiger partial charge in [0.2, 0.25) is 5.72 Å². The molecule has 0 N–H and O–H groups in total. The van der Waals surface area contributed by atoms with Crippen LogP contribution in [0.5, 0.6) is 5.75 Å². The third kappa shape index (κ3) is 2.66. The second-order valence-corrected chi connectivity index (χ2v) is 8.12. The lowest BCUT2D eigenvalue weighted by molar-refractivity contribution is -0.160. The Labute approximate surface area is 169 Å². The number of aromatic nitrogens is 1. The van der Waals surface area contributed by atoms with Gasteiger partial charge < -0.3 is 13.9 Å². The predicted octanol–water partition coefficient (Wildman–Crippen LogP) is 1.84. The average molecular weight is 410 g/mol. The van der Waals surface area contributed by atoms with Crippen LogP contribution < -0.4 is 19.6 Å². The molecule has 0 spiro atoms. The highest BCUT2D eigenvalue weighted by atomic mass is 32.1. The minimum atomic E-state index is -1.16. The predicted molar refractivity (Wildman–Crippen MR) is 105 cm³/mol. The Morgan fingerprint density at radius 3 is 2.97 bits per heavy atom. The van der Waals surface area contributed by atoms with Crippen molar-refractivity contribution >= 4 is 23.4 Å². The quantitative estimate of drug-likeness (QED) is 0.616. The Bertz CT molecular complexity index is 1270. The molecule has 29 heavy (non-hydrogen) atoms. The standard InChI is InChI=1S/C21H18N2O5S/c1-3-27-19(25)16-17-13-6-4-5-7-14(13)28-21(16,2)22-20-23(17)18(24)15(29-20)10-12-8-9-26-11-12/h4-11,16-17H,3H2,1-2H3/b15-10+/t16-,17+,21+/m1/s1. The molecule has 5 rings (SSSR count). The fourth-order valence-corrected chi connectivity index (χ4v) is 5.14. The lowest BCUT2D eigenvalue weighted by Gasteiger charge is -2.44. The van der Waals surface area contributed by atoms with E-state index in [-0.39, 0.29) is 12.2 Å². The van der Waals surface area contributed by atoms with Crippen LogP contribution in [-0.2, 0) is 9.53 Å². The molecule has 148 valence electrons. The van der Waals surface area contributed by atoms with Gasteiger partial charge in [-0.15, -0.1) is 0 Å². The number of thiazole rings is 1. The second-order valence-electron chi connectivity index (χ2n) is 7.11. The highest BCUT2D eigenvalue weighted by molar-refractivity contribution is 7.07. The molecular formula is C21H18N2O5S. The van der Waals surface area contributed by atoms with Gasteiger partial charge in [0.25, 0.3) is 5.56 Å². The molecule has 2 aliphatic heterocycles. The molecule has 0 radical (unpaired) electrons. The molecule has 2 aliphatic rings. The number of para-hydroxylation sites is 1. The first-order valence-electron chi connectivity index (χ1n) is 9.31. The van der Waals surface area contributed by atoms with Crippen molar-refractivity contribution in [3.8, 4) is 5.75 Å². The van der Waals surface area contributed by atoms with E-state index >= 15 is 0 Å². The number of hydrogen-bond acceptors (Lipinski definition) is 7. The molecule has 0 amide bonds. The molecule has 1 aromatic carbocycles. The van der Waals surface area contributed by atoms with Crippen molar-refractivity contribution in [2.45, 2.75) is 25.6 Å². The largest absolute Gasteiger partial charge is 0.472 e. The monoisotopic (exact) mass is 410 g/mol. The molecule has 0 saturated heterocycles. The van der Waals surface area contributed by atoms with Gasteiger partial charge in [-0.05, 0) is 32.1 Å². The number of esters is 1. The number of carbonyl (C=O) groups is 1. The summed E-state index contributed by atoms with van der Waals surface area (Å²) in [5.74, 6) is -0.574. The van der Waals surface area contributed by atoms with Crippen LogP contribution in [0.2, 0.25) is 0 Å². The van der Waals surface area contributed by atoms with Crippen molar-refractivity contribution in [1.29, 1.82) is 0 Å². The highest BCUT2D eigenvalue weighted by Gasteiger charge is 2.55. The van der Waals surface area contributed by atoms with E-state index in [2.05, 4.69) is 0 Å². The molecule has 3 aromatic rings. The van der Waals surface area contributed by atoms with Crippen LogP contribution >= 0.6 is 11.3 Å². The number of furan rings is 1. The summed E-state index contributed by atoms with van der Waals surface area (Å²) in [6.45, 7) is 3.76. The van der Waals surface area contributed by atoms with Gasteiger partial charge in [-0.25, -0.2) is 4.99 Å². The maximum absolute atomic E-state index is 13.3. The van der Waals surface area contributed by atoms with Crippen molar-refractivity contribution in [2.75, 3.05) is 6.61 Å². The SMILES string of the molecule is CCOC(=O)[C@H]1[C@@H]2c3ccccc3O[C@]1(C)N=c1s/c(=C/c3ccoc3)c(=O)n12. The van der Waals surface area contributed by atoms with Gasteiger partial charge in [-0.2, -0.15) is 0 Å². The summed E-state index contributed by atoms with van der Waals surface area (Å²) >= 11 is 1.27. The van der Waals surface area contributed by atoms with E-state index in [1.807, 2.05) is 24.3 Å². The van der Waals surface area contributed by atoms with Crippen molar-refractivity contribution in [1.82, 2.24) is 4.57 Å². The van der Waals surface area contributed by atoms with Crippen LogP contribution in [0.25, 0.3) is 6.08 Å². The summed E-state index contributed by atoms with van der Waals surface area (Å²) in [5, 5.41) is 0. The van der Waals surface area contributed by atoms with E-state index in [4.69, 9.17) is 18.9 Å². The third-order valence-electron chi connectivity index (χ3n) is 5.26. The zero-order valence-electron chi connectivity index (χ0n) is 15.8. The Hall–Kier alpha value is -3.13. The van der Waals surface area contributed by atoms with Gasteiger partial charge in [0.1, 0.15) is 11.7 Å². The highest BCUT2D eigenvalue weighted by Crippen LogP contribution is 2.47. The van der Waals surface area contributed by atoms with Gasteiger partial charge in [-0.3, -0.25) is 14.2 Å². The Morgan fingerprint density at radius 2 is 2.21 bits per heavy atom. The number of carbonyl (C=O) groups excluding carboxylic acids is 1. The molecule has 2 aromatic heterocycles. The molecule has 0 fully saturated rings. The number of fused-ring (bicyclic) bond motifs is 6. The van der Waals surface area contributed by atoms with Crippen LogP contribution in [0, 0.1) is 5.92 Å². The summed E-state index contributed by atoms with van der Waals surface area (Å²) in [4.78, 5) is 31.5. The third-order valence-corrected chi connectivity index (χ3v) is 6.24. The van der Waals surface area contributed by atoms with Crippen LogP contribution in [-0.4, -0.2) is 22.9 Å². The summed E-state index contributed by atoms with van der Waals surface area (Å²) in [5.41, 5.74) is 0.200. The topological polar surface area (TPSA) is 83.0 Å². The average Bonchev–Trinajstić information content (AvgIpc) is 3.29. The minimum absolute atomic E-state index is 0.201. The molecule has 0 unspecified atom stereocenters. The van der Waals surface area contributed by atoms with E-state index in [0.29, 0.717) is 15.1 Å². The summed E-state index contributed by atoms with van der Waals surface area (Å²) in [6.07, 6.45) is 4.88. The number of rotatable bonds is 3. The molecule has 0 saturated carbocycles. The summed E-state index contributed by atoms with van der Waals surface area (Å²) in [7, 11) is 0. The van der Waals surface area contributed by atoms with E-state index in [9.17, 15) is 9.59 Å². The summed E-state index contributed by atoms with van der Waals surface area (Å²) < 4.78 is 18.7. The molecule has 8 heteroatoms. The number of benzene rings is 1. The maximum Gasteiger partial charge on any atom is 0.317 e. The lowest BCUT2D eigenvalue weighted by Crippen LogP contribution is -2.58. The van der Waals surface area contributed by atoms with Crippen LogP contribution in [0.4, 0.5) is 0 Å². The van der Waals surface area contributed by atoms with Crippen LogP contribution in [0.1, 0.15) is 31.0 Å².